The number of carbonyl (C=O) groups excluding carboxylic acids is 3. The van der Waals surface area contributed by atoms with Gasteiger partial charge in [0, 0.05) is 12.8 Å². The monoisotopic (exact) mass is 424 g/mol. The Bertz CT molecular complexity index is 867. The molecule has 6 nitrogen and oxygen atoms in total. The van der Waals surface area contributed by atoms with Crippen molar-refractivity contribution in [1.82, 2.24) is 0 Å². The third-order valence-electron chi connectivity index (χ3n) is 5.44. The Balaban J connectivity index is 1.41. The molecule has 3 rings (SSSR count). The number of rotatable bonds is 8. The van der Waals surface area contributed by atoms with Crippen LogP contribution in [0.25, 0.3) is 0 Å². The minimum absolute atomic E-state index is 0.189. The largest absolute Gasteiger partial charge is 0.465 e. The molecule has 2 aromatic carbocycles. The molecule has 2 aromatic rings. The standard InChI is InChI=1S/C25H28O6/c1-2-23(26)29-17-16-18-8-14-22(15-9-18)31-25(28)20-12-10-19(11-13-20)24(27)30-21-6-4-3-5-7-21/h3-9,14-15,19-20H,2,10-13,16-17H2,1H3. The average Bonchev–Trinajstić information content (AvgIpc) is 2.80. The molecule has 1 fully saturated rings. The number of carbonyl (C=O) groups is 3. The molecule has 0 bridgehead atoms. The van der Waals surface area contributed by atoms with Crippen LogP contribution in [0.2, 0.25) is 0 Å². The Labute approximate surface area is 182 Å². The molecule has 0 amide bonds. The quantitative estimate of drug-likeness (QED) is 0.459. The Hall–Kier alpha value is -3.15. The summed E-state index contributed by atoms with van der Waals surface area (Å²) in [5.74, 6) is -0.0866. The van der Waals surface area contributed by atoms with Gasteiger partial charge in [0.15, 0.2) is 0 Å². The highest BCUT2D eigenvalue weighted by Crippen LogP contribution is 2.31. The van der Waals surface area contributed by atoms with Gasteiger partial charge in [-0.15, -0.1) is 0 Å². The minimum atomic E-state index is -0.264. The van der Waals surface area contributed by atoms with Gasteiger partial charge in [-0.25, -0.2) is 0 Å². The van der Waals surface area contributed by atoms with Gasteiger partial charge in [-0.05, 0) is 55.5 Å². The topological polar surface area (TPSA) is 78.9 Å². The molecule has 0 aliphatic heterocycles. The lowest BCUT2D eigenvalue weighted by molar-refractivity contribution is -0.145. The van der Waals surface area contributed by atoms with Gasteiger partial charge in [0.05, 0.1) is 18.4 Å². The molecular formula is C25H28O6. The zero-order chi connectivity index (χ0) is 22.1. The van der Waals surface area contributed by atoms with E-state index in [1.54, 1.807) is 31.2 Å². The van der Waals surface area contributed by atoms with Gasteiger partial charge >= 0.3 is 17.9 Å². The van der Waals surface area contributed by atoms with Gasteiger partial charge in [0.1, 0.15) is 11.5 Å². The van der Waals surface area contributed by atoms with Gasteiger partial charge in [-0.1, -0.05) is 37.3 Å². The van der Waals surface area contributed by atoms with E-state index in [9.17, 15) is 14.4 Å². The molecule has 0 unspecified atom stereocenters. The fraction of sp³-hybridized carbons (Fsp3) is 0.400. The van der Waals surface area contributed by atoms with Gasteiger partial charge in [-0.2, -0.15) is 0 Å². The van der Waals surface area contributed by atoms with Gasteiger partial charge < -0.3 is 14.2 Å². The van der Waals surface area contributed by atoms with Crippen molar-refractivity contribution in [3.8, 4) is 11.5 Å². The maximum Gasteiger partial charge on any atom is 0.314 e. The first-order valence-electron chi connectivity index (χ1n) is 10.8. The van der Waals surface area contributed by atoms with E-state index >= 15 is 0 Å². The van der Waals surface area contributed by atoms with E-state index in [1.807, 2.05) is 30.3 Å². The maximum atomic E-state index is 12.5. The van der Waals surface area contributed by atoms with Crippen LogP contribution >= 0.6 is 0 Å². The van der Waals surface area contributed by atoms with Crippen molar-refractivity contribution in [1.29, 1.82) is 0 Å². The first kappa shape index (κ1) is 22.5. The van der Waals surface area contributed by atoms with Crippen molar-refractivity contribution < 1.29 is 28.6 Å². The molecule has 6 heteroatoms. The smallest absolute Gasteiger partial charge is 0.314 e. The Morgan fingerprint density at radius 2 is 1.29 bits per heavy atom. The van der Waals surface area contributed by atoms with E-state index in [-0.39, 0.29) is 29.7 Å². The number of ether oxygens (including phenoxy) is 3. The van der Waals surface area contributed by atoms with E-state index in [4.69, 9.17) is 14.2 Å². The summed E-state index contributed by atoms with van der Waals surface area (Å²) in [5.41, 5.74) is 1.00. The normalized spacial score (nSPS) is 18.1. The average molecular weight is 424 g/mol. The fourth-order valence-electron chi connectivity index (χ4n) is 3.56. The molecule has 0 heterocycles. The number of benzene rings is 2. The van der Waals surface area contributed by atoms with E-state index < -0.39 is 0 Å². The lowest BCUT2D eigenvalue weighted by atomic mass is 9.82. The van der Waals surface area contributed by atoms with E-state index in [2.05, 4.69) is 0 Å². The van der Waals surface area contributed by atoms with Crippen molar-refractivity contribution in [3.63, 3.8) is 0 Å². The van der Waals surface area contributed by atoms with Crippen LogP contribution in [-0.4, -0.2) is 24.5 Å². The van der Waals surface area contributed by atoms with Crippen molar-refractivity contribution in [2.75, 3.05) is 6.61 Å². The fourth-order valence-corrected chi connectivity index (χ4v) is 3.56. The third kappa shape index (κ3) is 6.95. The second-order valence-corrected chi connectivity index (χ2v) is 7.67. The first-order chi connectivity index (χ1) is 15.0. The Morgan fingerprint density at radius 1 is 0.774 bits per heavy atom. The van der Waals surface area contributed by atoms with Crippen LogP contribution in [0.1, 0.15) is 44.6 Å². The zero-order valence-corrected chi connectivity index (χ0v) is 17.8. The van der Waals surface area contributed by atoms with Crippen LogP contribution in [0.3, 0.4) is 0 Å². The Morgan fingerprint density at radius 3 is 1.81 bits per heavy atom. The summed E-state index contributed by atoms with van der Waals surface area (Å²) < 4.78 is 16.0. The van der Waals surface area contributed by atoms with Gasteiger partial charge in [0.25, 0.3) is 0 Å². The molecule has 1 aliphatic rings. The van der Waals surface area contributed by atoms with E-state index in [0.717, 1.165) is 5.56 Å². The van der Waals surface area contributed by atoms with E-state index in [1.165, 1.54) is 0 Å². The third-order valence-corrected chi connectivity index (χ3v) is 5.44. The molecule has 1 aliphatic carbocycles. The number of esters is 3. The molecule has 0 spiro atoms. The van der Waals surface area contributed by atoms with Crippen LogP contribution in [0.5, 0.6) is 11.5 Å². The summed E-state index contributed by atoms with van der Waals surface area (Å²) in [5, 5.41) is 0. The van der Waals surface area contributed by atoms with Crippen LogP contribution < -0.4 is 9.47 Å². The van der Waals surface area contributed by atoms with Crippen LogP contribution in [0.15, 0.2) is 54.6 Å². The summed E-state index contributed by atoms with van der Waals surface area (Å²) in [6, 6.07) is 16.2. The summed E-state index contributed by atoms with van der Waals surface area (Å²) in [7, 11) is 0. The summed E-state index contributed by atoms with van der Waals surface area (Å²) in [6.45, 7) is 2.09. The predicted molar refractivity (Wildman–Crippen MR) is 115 cm³/mol. The van der Waals surface area contributed by atoms with Crippen LogP contribution in [0, 0.1) is 11.8 Å². The molecular weight excluding hydrogens is 396 g/mol. The molecule has 0 radical (unpaired) electrons. The highest BCUT2D eigenvalue weighted by molar-refractivity contribution is 5.77. The maximum absolute atomic E-state index is 12.5. The van der Waals surface area contributed by atoms with Crippen molar-refractivity contribution in [2.45, 2.75) is 45.4 Å². The molecule has 1 saturated carbocycles. The number of para-hydroxylation sites is 1. The summed E-state index contributed by atoms with van der Waals surface area (Å²) in [6.07, 6.45) is 3.41. The van der Waals surface area contributed by atoms with Gasteiger partial charge in [-0.3, -0.25) is 14.4 Å². The minimum Gasteiger partial charge on any atom is -0.465 e. The van der Waals surface area contributed by atoms with Crippen LogP contribution in [-0.2, 0) is 25.5 Å². The number of hydrogen-bond acceptors (Lipinski definition) is 6. The van der Waals surface area contributed by atoms with Crippen molar-refractivity contribution >= 4 is 17.9 Å². The summed E-state index contributed by atoms with van der Waals surface area (Å²) in [4.78, 5) is 36.0. The molecule has 31 heavy (non-hydrogen) atoms. The lowest BCUT2D eigenvalue weighted by Gasteiger charge is -2.25. The predicted octanol–water partition coefficient (Wildman–Crippen LogP) is 4.50. The van der Waals surface area contributed by atoms with E-state index in [0.29, 0.717) is 56.6 Å². The highest BCUT2D eigenvalue weighted by Gasteiger charge is 2.32. The molecule has 0 aromatic heterocycles. The number of hydrogen-bond donors (Lipinski definition) is 0. The second kappa shape index (κ2) is 11.3. The lowest BCUT2D eigenvalue weighted by Crippen LogP contribution is -2.30. The molecule has 0 atom stereocenters. The van der Waals surface area contributed by atoms with Crippen LogP contribution in [0.4, 0.5) is 0 Å². The van der Waals surface area contributed by atoms with Crippen molar-refractivity contribution in [3.05, 3.63) is 60.2 Å². The Kier molecular flexibility index (Phi) is 8.21. The highest BCUT2D eigenvalue weighted by atomic mass is 16.5. The zero-order valence-electron chi connectivity index (χ0n) is 17.8. The molecule has 0 N–H and O–H groups in total. The van der Waals surface area contributed by atoms with Crippen molar-refractivity contribution in [2.24, 2.45) is 11.8 Å². The molecule has 0 saturated heterocycles. The SMILES string of the molecule is CCC(=O)OCCc1ccc(OC(=O)C2CCC(C(=O)Oc3ccccc3)CC2)cc1. The van der Waals surface area contributed by atoms with Gasteiger partial charge in [0.2, 0.25) is 0 Å². The first-order valence-corrected chi connectivity index (χ1v) is 10.8. The molecule has 164 valence electrons. The second-order valence-electron chi connectivity index (χ2n) is 7.67. The summed E-state index contributed by atoms with van der Waals surface area (Å²) >= 11 is 0.